The fourth-order valence-electron chi connectivity index (χ4n) is 2.08. The van der Waals surface area contributed by atoms with E-state index in [9.17, 15) is 0 Å². The van der Waals surface area contributed by atoms with Gasteiger partial charge in [0.25, 0.3) is 0 Å². The quantitative estimate of drug-likeness (QED) is 0.800. The number of thiazole rings is 2. The lowest BCUT2D eigenvalue weighted by atomic mass is 10.0. The molecule has 1 unspecified atom stereocenters. The zero-order valence-electron chi connectivity index (χ0n) is 13.2. The van der Waals surface area contributed by atoms with Crippen molar-refractivity contribution in [1.29, 1.82) is 0 Å². The van der Waals surface area contributed by atoms with E-state index >= 15 is 0 Å². The third-order valence-corrected chi connectivity index (χ3v) is 5.36. The molecular formula is C15H24N4S2. The molecule has 0 aliphatic heterocycles. The Bertz CT molecular complexity index is 536. The molecule has 6 heteroatoms. The highest BCUT2D eigenvalue weighted by Gasteiger charge is 2.18. The summed E-state index contributed by atoms with van der Waals surface area (Å²) in [6.07, 6.45) is 1.12. The molecule has 0 aliphatic carbocycles. The van der Waals surface area contributed by atoms with Gasteiger partial charge in [0.15, 0.2) is 5.13 Å². The minimum atomic E-state index is 0.510. The molecule has 0 bridgehead atoms. The Balaban J connectivity index is 2.16. The van der Waals surface area contributed by atoms with E-state index in [1.807, 2.05) is 5.51 Å². The van der Waals surface area contributed by atoms with Crippen LogP contribution in [0, 0.1) is 0 Å². The molecule has 0 radical (unpaired) electrons. The summed E-state index contributed by atoms with van der Waals surface area (Å²) in [5.74, 6) is 0.510. The molecule has 0 fully saturated rings. The number of hydrogen-bond donors (Lipinski definition) is 1. The van der Waals surface area contributed by atoms with Gasteiger partial charge in [-0.3, -0.25) is 0 Å². The van der Waals surface area contributed by atoms with Crippen LogP contribution in [0.2, 0.25) is 0 Å². The SMILES string of the molecule is CCNCc1sc(N(C)Cc2cscn2)nc1C(C)CC. The van der Waals surface area contributed by atoms with Crippen molar-refractivity contribution in [3.63, 3.8) is 0 Å². The number of aromatic nitrogens is 2. The van der Waals surface area contributed by atoms with Crippen LogP contribution in [0.4, 0.5) is 5.13 Å². The number of nitrogens with one attached hydrogen (secondary N) is 1. The van der Waals surface area contributed by atoms with Crippen molar-refractivity contribution < 1.29 is 0 Å². The van der Waals surface area contributed by atoms with Crippen LogP contribution in [-0.4, -0.2) is 23.6 Å². The lowest BCUT2D eigenvalue weighted by Gasteiger charge is -2.13. The van der Waals surface area contributed by atoms with Crippen LogP contribution in [0.5, 0.6) is 0 Å². The van der Waals surface area contributed by atoms with Gasteiger partial charge in [-0.15, -0.1) is 22.7 Å². The standard InChI is InChI=1S/C15H24N4S2/c1-5-11(3)14-13(7-16-6-2)21-15(18-14)19(4)8-12-9-20-10-17-12/h9-11,16H,5-8H2,1-4H3. The van der Waals surface area contributed by atoms with Crippen LogP contribution in [-0.2, 0) is 13.1 Å². The van der Waals surface area contributed by atoms with Crippen molar-refractivity contribution in [3.8, 4) is 0 Å². The molecule has 1 N–H and O–H groups in total. The average Bonchev–Trinajstić information content (AvgIpc) is 3.13. The summed E-state index contributed by atoms with van der Waals surface area (Å²) >= 11 is 3.44. The molecule has 0 saturated heterocycles. The Morgan fingerprint density at radius 1 is 1.38 bits per heavy atom. The second kappa shape index (κ2) is 7.87. The summed E-state index contributed by atoms with van der Waals surface area (Å²) in [6, 6.07) is 0. The van der Waals surface area contributed by atoms with Gasteiger partial charge in [-0.05, 0) is 18.9 Å². The molecule has 2 aromatic heterocycles. The van der Waals surface area contributed by atoms with E-state index in [4.69, 9.17) is 4.98 Å². The second-order valence-electron chi connectivity index (χ2n) is 5.23. The van der Waals surface area contributed by atoms with Crippen molar-refractivity contribution in [2.45, 2.75) is 46.2 Å². The van der Waals surface area contributed by atoms with Crippen molar-refractivity contribution in [2.75, 3.05) is 18.5 Å². The Labute approximate surface area is 135 Å². The first-order valence-electron chi connectivity index (χ1n) is 7.44. The monoisotopic (exact) mass is 324 g/mol. The first-order chi connectivity index (χ1) is 10.2. The van der Waals surface area contributed by atoms with Gasteiger partial charge in [-0.2, -0.15) is 0 Å². The fraction of sp³-hybridized carbons (Fsp3) is 0.600. The predicted molar refractivity (Wildman–Crippen MR) is 92.4 cm³/mol. The van der Waals surface area contributed by atoms with Crippen LogP contribution in [0.1, 0.15) is 49.4 Å². The topological polar surface area (TPSA) is 41.0 Å². The van der Waals surface area contributed by atoms with Crippen LogP contribution >= 0.6 is 22.7 Å². The molecule has 2 rings (SSSR count). The van der Waals surface area contributed by atoms with Gasteiger partial charge in [-0.25, -0.2) is 9.97 Å². The Morgan fingerprint density at radius 3 is 2.81 bits per heavy atom. The second-order valence-corrected chi connectivity index (χ2v) is 7.01. The minimum Gasteiger partial charge on any atom is -0.345 e. The van der Waals surface area contributed by atoms with Gasteiger partial charge in [-0.1, -0.05) is 20.8 Å². The van der Waals surface area contributed by atoms with Gasteiger partial charge in [0.05, 0.1) is 23.4 Å². The highest BCUT2D eigenvalue weighted by atomic mass is 32.1. The third kappa shape index (κ3) is 4.25. The van der Waals surface area contributed by atoms with E-state index < -0.39 is 0 Å². The lowest BCUT2D eigenvalue weighted by molar-refractivity contribution is 0.677. The summed E-state index contributed by atoms with van der Waals surface area (Å²) < 4.78 is 0. The summed E-state index contributed by atoms with van der Waals surface area (Å²) in [5.41, 5.74) is 4.24. The van der Waals surface area contributed by atoms with Crippen molar-refractivity contribution in [2.24, 2.45) is 0 Å². The molecule has 0 aromatic carbocycles. The fourth-order valence-corrected chi connectivity index (χ4v) is 3.74. The number of hydrogen-bond acceptors (Lipinski definition) is 6. The Morgan fingerprint density at radius 2 is 2.19 bits per heavy atom. The summed E-state index contributed by atoms with van der Waals surface area (Å²) in [6.45, 7) is 9.34. The molecule has 2 heterocycles. The predicted octanol–water partition coefficient (Wildman–Crippen LogP) is 3.86. The van der Waals surface area contributed by atoms with Crippen LogP contribution in [0.3, 0.4) is 0 Å². The van der Waals surface area contributed by atoms with Crippen LogP contribution < -0.4 is 10.2 Å². The molecule has 4 nitrogen and oxygen atoms in total. The van der Waals surface area contributed by atoms with E-state index in [0.717, 1.165) is 36.9 Å². The summed E-state index contributed by atoms with van der Waals surface area (Å²) in [5, 5.41) is 6.61. The maximum absolute atomic E-state index is 4.89. The summed E-state index contributed by atoms with van der Waals surface area (Å²) in [4.78, 5) is 12.8. The third-order valence-electron chi connectivity index (χ3n) is 3.54. The lowest BCUT2D eigenvalue weighted by Crippen LogP contribution is -2.16. The highest BCUT2D eigenvalue weighted by Crippen LogP contribution is 2.32. The van der Waals surface area contributed by atoms with Crippen molar-refractivity contribution in [3.05, 3.63) is 27.2 Å². The average molecular weight is 325 g/mol. The highest BCUT2D eigenvalue weighted by molar-refractivity contribution is 7.15. The first-order valence-corrected chi connectivity index (χ1v) is 9.20. The van der Waals surface area contributed by atoms with E-state index in [1.54, 1.807) is 22.7 Å². The largest absolute Gasteiger partial charge is 0.345 e. The van der Waals surface area contributed by atoms with Gasteiger partial charge >= 0.3 is 0 Å². The zero-order valence-corrected chi connectivity index (χ0v) is 14.9. The van der Waals surface area contributed by atoms with Crippen LogP contribution in [0.25, 0.3) is 0 Å². The Hall–Kier alpha value is -0.980. The van der Waals surface area contributed by atoms with Crippen LogP contribution in [0.15, 0.2) is 10.9 Å². The zero-order chi connectivity index (χ0) is 15.2. The normalized spacial score (nSPS) is 12.6. The maximum atomic E-state index is 4.89. The van der Waals surface area contributed by atoms with Crippen molar-refractivity contribution in [1.82, 2.24) is 15.3 Å². The van der Waals surface area contributed by atoms with Gasteiger partial charge < -0.3 is 10.2 Å². The van der Waals surface area contributed by atoms with Gasteiger partial charge in [0.2, 0.25) is 0 Å². The number of nitrogens with zero attached hydrogens (tertiary/aromatic N) is 3. The minimum absolute atomic E-state index is 0.510. The van der Waals surface area contributed by atoms with Gasteiger partial charge in [0.1, 0.15) is 0 Å². The van der Waals surface area contributed by atoms with E-state index in [0.29, 0.717) is 5.92 Å². The van der Waals surface area contributed by atoms with Gasteiger partial charge in [0, 0.05) is 23.8 Å². The molecule has 0 amide bonds. The molecule has 116 valence electrons. The molecule has 1 atom stereocenters. The van der Waals surface area contributed by atoms with E-state index in [-0.39, 0.29) is 0 Å². The maximum Gasteiger partial charge on any atom is 0.185 e. The molecule has 0 saturated carbocycles. The summed E-state index contributed by atoms with van der Waals surface area (Å²) in [7, 11) is 2.09. The number of rotatable bonds is 8. The van der Waals surface area contributed by atoms with Crippen molar-refractivity contribution >= 4 is 27.8 Å². The molecule has 2 aromatic rings. The molecule has 0 spiro atoms. The molecule has 0 aliphatic rings. The Kier molecular flexibility index (Phi) is 6.14. The molecular weight excluding hydrogens is 300 g/mol. The van der Waals surface area contributed by atoms with E-state index in [1.165, 1.54) is 10.6 Å². The van der Waals surface area contributed by atoms with E-state index in [2.05, 4.69) is 48.4 Å². The number of anilines is 1. The molecule has 21 heavy (non-hydrogen) atoms. The smallest absolute Gasteiger partial charge is 0.185 e. The first kappa shape index (κ1) is 16.4.